The standard InChI is InChI=1S/C22H28N6O5/c1-11-4-7-22(32,8-5-11)9-6-13-26-18(23)14-19(27-13)28(10-24-14)21-16(30)15(29)17(33-21)20(31)25-12-2-3-12/h10-12,15-17,21,29-30,32H,2-5,7-8H2,1H3,(H,25,31)(H2,23,26,27)/t11?,15-,16+,17+,21?,22?/m1/s1. The molecule has 6 N–H and O–H groups in total. The van der Waals surface area contributed by atoms with Gasteiger partial charge in [-0.05, 0) is 50.4 Å². The molecule has 3 aliphatic rings. The molecule has 1 aliphatic heterocycles. The maximum atomic E-state index is 12.4. The molecule has 1 amide bonds. The van der Waals surface area contributed by atoms with Crippen LogP contribution in [-0.2, 0) is 9.53 Å². The minimum absolute atomic E-state index is 0.0865. The number of aromatic nitrogens is 4. The van der Waals surface area contributed by atoms with Gasteiger partial charge in [-0.25, -0.2) is 15.0 Å². The number of aliphatic hydroxyl groups excluding tert-OH is 2. The number of anilines is 1. The van der Waals surface area contributed by atoms with E-state index in [1.807, 2.05) is 0 Å². The Balaban J connectivity index is 1.42. The number of nitrogens with zero attached hydrogens (tertiary/aromatic N) is 4. The van der Waals surface area contributed by atoms with Crippen LogP contribution >= 0.6 is 0 Å². The van der Waals surface area contributed by atoms with E-state index in [1.165, 1.54) is 10.9 Å². The van der Waals surface area contributed by atoms with Gasteiger partial charge in [0.1, 0.15) is 23.3 Å². The summed E-state index contributed by atoms with van der Waals surface area (Å²) in [5.74, 6) is 6.00. The largest absolute Gasteiger partial charge is 0.387 e. The highest BCUT2D eigenvalue weighted by atomic mass is 16.6. The number of nitrogen functional groups attached to an aromatic ring is 1. The van der Waals surface area contributed by atoms with Gasteiger partial charge in [-0.1, -0.05) is 12.8 Å². The molecule has 176 valence electrons. The van der Waals surface area contributed by atoms with Gasteiger partial charge in [0, 0.05) is 6.04 Å². The number of carbonyl (C=O) groups excluding carboxylic acids is 1. The number of nitrogens with two attached hydrogens (primary N) is 1. The number of imidazole rings is 1. The van der Waals surface area contributed by atoms with Gasteiger partial charge in [-0.15, -0.1) is 0 Å². The van der Waals surface area contributed by atoms with Crippen molar-refractivity contribution in [2.24, 2.45) is 5.92 Å². The average molecular weight is 457 g/mol. The summed E-state index contributed by atoms with van der Waals surface area (Å²) in [5.41, 5.74) is 5.49. The SMILES string of the molecule is CC1CCC(O)(C#Cc2nc(N)c3ncn(C4O[C@H](C(=O)NC5CC5)[C@H](O)[C@@H]4O)c3n2)CC1. The van der Waals surface area contributed by atoms with Crippen LogP contribution in [0.15, 0.2) is 6.33 Å². The summed E-state index contributed by atoms with van der Waals surface area (Å²) in [6.45, 7) is 2.16. The summed E-state index contributed by atoms with van der Waals surface area (Å²) < 4.78 is 7.13. The fourth-order valence-electron chi connectivity index (χ4n) is 4.33. The van der Waals surface area contributed by atoms with E-state index in [9.17, 15) is 20.1 Å². The lowest BCUT2D eigenvalue weighted by Crippen LogP contribution is -2.43. The van der Waals surface area contributed by atoms with Crippen LogP contribution in [0.4, 0.5) is 5.82 Å². The van der Waals surface area contributed by atoms with Crippen LogP contribution in [0.5, 0.6) is 0 Å². The second kappa shape index (κ2) is 8.22. The number of hydrogen-bond acceptors (Lipinski definition) is 9. The Labute approximate surface area is 190 Å². The van der Waals surface area contributed by atoms with Gasteiger partial charge in [0.2, 0.25) is 5.82 Å². The Morgan fingerprint density at radius 1 is 1.24 bits per heavy atom. The lowest BCUT2D eigenvalue weighted by atomic mass is 9.80. The Bertz CT molecular complexity index is 1130. The van der Waals surface area contributed by atoms with Gasteiger partial charge >= 0.3 is 0 Å². The number of hydrogen-bond donors (Lipinski definition) is 5. The lowest BCUT2D eigenvalue weighted by Gasteiger charge is -2.30. The van der Waals surface area contributed by atoms with Crippen LogP contribution < -0.4 is 11.1 Å². The first-order valence-electron chi connectivity index (χ1n) is 11.3. The van der Waals surface area contributed by atoms with Crippen molar-refractivity contribution in [3.63, 3.8) is 0 Å². The molecule has 0 radical (unpaired) electrons. The number of rotatable bonds is 3. The lowest BCUT2D eigenvalue weighted by molar-refractivity contribution is -0.137. The van der Waals surface area contributed by atoms with Crippen LogP contribution in [0.3, 0.4) is 0 Å². The molecule has 0 bridgehead atoms. The minimum atomic E-state index is -1.41. The molecule has 2 aromatic rings. The van der Waals surface area contributed by atoms with E-state index in [0.29, 0.717) is 18.8 Å². The summed E-state index contributed by atoms with van der Waals surface area (Å²) in [5, 5.41) is 34.5. The third-order valence-corrected chi connectivity index (χ3v) is 6.65. The second-order valence-corrected chi connectivity index (χ2v) is 9.43. The maximum Gasteiger partial charge on any atom is 0.252 e. The minimum Gasteiger partial charge on any atom is -0.387 e. The Kier molecular flexibility index (Phi) is 5.49. The molecule has 1 unspecified atom stereocenters. The van der Waals surface area contributed by atoms with Crippen molar-refractivity contribution in [2.45, 2.75) is 81.6 Å². The maximum absolute atomic E-state index is 12.4. The molecule has 11 heteroatoms. The predicted molar refractivity (Wildman–Crippen MR) is 116 cm³/mol. The van der Waals surface area contributed by atoms with Crippen molar-refractivity contribution in [3.8, 4) is 11.8 Å². The summed E-state index contributed by atoms with van der Waals surface area (Å²) in [6, 6.07) is 0.0921. The summed E-state index contributed by atoms with van der Waals surface area (Å²) in [4.78, 5) is 25.2. The number of ether oxygens (including phenoxy) is 1. The van der Waals surface area contributed by atoms with Crippen molar-refractivity contribution < 1.29 is 24.9 Å². The molecule has 2 aromatic heterocycles. The molecule has 33 heavy (non-hydrogen) atoms. The molecular formula is C22H28N6O5. The van der Waals surface area contributed by atoms with Crippen LogP contribution in [-0.4, -0.2) is 70.7 Å². The van der Waals surface area contributed by atoms with E-state index in [1.54, 1.807) is 0 Å². The average Bonchev–Trinajstić information content (AvgIpc) is 3.42. The number of amides is 1. The van der Waals surface area contributed by atoms with Crippen molar-refractivity contribution in [2.75, 3.05) is 5.73 Å². The topological polar surface area (TPSA) is 169 Å². The highest BCUT2D eigenvalue weighted by Crippen LogP contribution is 2.33. The summed E-state index contributed by atoms with van der Waals surface area (Å²) in [7, 11) is 0. The van der Waals surface area contributed by atoms with Gasteiger partial charge in [-0.2, -0.15) is 0 Å². The first-order valence-corrected chi connectivity index (χ1v) is 11.3. The molecule has 5 rings (SSSR count). The highest BCUT2D eigenvalue weighted by Gasteiger charge is 2.48. The van der Waals surface area contributed by atoms with Crippen molar-refractivity contribution in [3.05, 3.63) is 12.2 Å². The van der Waals surface area contributed by atoms with Gasteiger partial charge in [0.25, 0.3) is 5.91 Å². The zero-order chi connectivity index (χ0) is 23.3. The van der Waals surface area contributed by atoms with Crippen LogP contribution in [0.2, 0.25) is 0 Å². The molecule has 0 aromatic carbocycles. The molecule has 3 heterocycles. The molecule has 1 saturated heterocycles. The number of fused-ring (bicyclic) bond motifs is 1. The van der Waals surface area contributed by atoms with Crippen LogP contribution in [0.25, 0.3) is 11.2 Å². The zero-order valence-corrected chi connectivity index (χ0v) is 18.3. The summed E-state index contributed by atoms with van der Waals surface area (Å²) >= 11 is 0. The van der Waals surface area contributed by atoms with Gasteiger partial charge in [0.15, 0.2) is 23.8 Å². The quantitative estimate of drug-likeness (QED) is 0.386. The van der Waals surface area contributed by atoms with Gasteiger partial charge < -0.3 is 31.1 Å². The smallest absolute Gasteiger partial charge is 0.252 e. The van der Waals surface area contributed by atoms with E-state index < -0.39 is 36.0 Å². The third-order valence-electron chi connectivity index (χ3n) is 6.65. The van der Waals surface area contributed by atoms with Gasteiger partial charge in [-0.3, -0.25) is 9.36 Å². The molecular weight excluding hydrogens is 428 g/mol. The van der Waals surface area contributed by atoms with E-state index in [0.717, 1.165) is 25.7 Å². The Morgan fingerprint density at radius 2 is 1.97 bits per heavy atom. The monoisotopic (exact) mass is 456 g/mol. The summed E-state index contributed by atoms with van der Waals surface area (Å²) in [6.07, 6.45) is 1.00. The van der Waals surface area contributed by atoms with Crippen LogP contribution in [0.1, 0.15) is 57.5 Å². The molecule has 4 atom stereocenters. The third kappa shape index (κ3) is 4.27. The Morgan fingerprint density at radius 3 is 2.67 bits per heavy atom. The predicted octanol–water partition coefficient (Wildman–Crippen LogP) is -0.401. The normalized spacial score (nSPS) is 34.1. The fourth-order valence-corrected chi connectivity index (χ4v) is 4.33. The zero-order valence-electron chi connectivity index (χ0n) is 18.3. The fraction of sp³-hybridized carbons (Fsp3) is 0.636. The number of carbonyl (C=O) groups is 1. The van der Waals surface area contributed by atoms with E-state index in [-0.39, 0.29) is 28.8 Å². The van der Waals surface area contributed by atoms with E-state index in [2.05, 4.69) is 39.0 Å². The molecule has 0 spiro atoms. The molecule has 11 nitrogen and oxygen atoms in total. The van der Waals surface area contributed by atoms with E-state index in [4.69, 9.17) is 10.5 Å². The second-order valence-electron chi connectivity index (χ2n) is 9.43. The molecule has 3 fully saturated rings. The highest BCUT2D eigenvalue weighted by molar-refractivity contribution is 5.83. The van der Waals surface area contributed by atoms with Gasteiger partial charge in [0.05, 0.1) is 6.33 Å². The first-order chi connectivity index (χ1) is 15.7. The first kappa shape index (κ1) is 22.0. The molecule has 2 aliphatic carbocycles. The number of aliphatic hydroxyl groups is 3. The number of nitrogens with one attached hydrogen (secondary N) is 1. The van der Waals surface area contributed by atoms with E-state index >= 15 is 0 Å². The van der Waals surface area contributed by atoms with Crippen molar-refractivity contribution in [1.29, 1.82) is 0 Å². The molecule has 2 saturated carbocycles. The van der Waals surface area contributed by atoms with Crippen LogP contribution in [0, 0.1) is 17.8 Å². The van der Waals surface area contributed by atoms with Crippen molar-refractivity contribution >= 4 is 22.9 Å². The Hall–Kier alpha value is -2.78. The van der Waals surface area contributed by atoms with Crippen molar-refractivity contribution in [1.82, 2.24) is 24.8 Å².